The highest BCUT2D eigenvalue weighted by molar-refractivity contribution is 14.1. The van der Waals surface area contributed by atoms with Crippen molar-refractivity contribution in [3.63, 3.8) is 0 Å². The summed E-state index contributed by atoms with van der Waals surface area (Å²) in [5, 5.41) is 20.2. The third-order valence-corrected chi connectivity index (χ3v) is 5.00. The van der Waals surface area contributed by atoms with E-state index in [0.717, 1.165) is 43.2 Å². The minimum Gasteiger partial charge on any atom is -0.504 e. The van der Waals surface area contributed by atoms with Gasteiger partial charge in [0.15, 0.2) is 34.5 Å². The van der Waals surface area contributed by atoms with Crippen LogP contribution >= 0.6 is 45.6 Å². The van der Waals surface area contributed by atoms with E-state index in [1.807, 2.05) is 22.6 Å². The Morgan fingerprint density at radius 1 is 1.05 bits per heavy atom. The molecule has 0 bridgehead atoms. The van der Waals surface area contributed by atoms with Crippen LogP contribution in [0.25, 0.3) is 0 Å². The number of rotatable bonds is 7. The van der Waals surface area contributed by atoms with Crippen LogP contribution in [-0.2, 0) is 15.9 Å². The molecule has 0 aliphatic carbocycles. The van der Waals surface area contributed by atoms with Gasteiger partial charge < -0.3 is 13.3 Å². The van der Waals surface area contributed by atoms with Crippen LogP contribution in [0.15, 0.2) is 0 Å². The molecule has 6 heteroatoms. The Kier molecular flexibility index (Phi) is 8.07. The van der Waals surface area contributed by atoms with Crippen molar-refractivity contribution in [3.8, 4) is 11.5 Å². The van der Waals surface area contributed by atoms with E-state index in [9.17, 15) is 15.0 Å². The van der Waals surface area contributed by atoms with Crippen LogP contribution in [-0.4, -0.2) is 16.2 Å². The molecule has 1 aromatic rings. The maximum atomic E-state index is 12.0. The molecule has 0 heterocycles. The van der Waals surface area contributed by atoms with Crippen LogP contribution < -0.4 is 0 Å². The number of hydrogen-bond acceptors (Lipinski definition) is 4. The predicted octanol–water partition coefficient (Wildman–Crippen LogP) is 4.89. The molecule has 0 aromatic heterocycles. The topological polar surface area (TPSA) is 66.8 Å². The average Bonchev–Trinajstić information content (AvgIpc) is 2.49. The third kappa shape index (κ3) is 4.37. The number of carbonyl (C=O) groups is 1. The summed E-state index contributed by atoms with van der Waals surface area (Å²) >= 11 is 3.54. The number of carbonyl (C=O) groups excluding carboxylic acids is 1. The summed E-state index contributed by atoms with van der Waals surface area (Å²) < 4.78 is 5.38. The minimum absolute atomic E-state index is 0.113. The van der Waals surface area contributed by atoms with Crippen LogP contribution in [0.2, 0.25) is 0 Å². The Balaban J connectivity index is 3.50. The van der Waals surface area contributed by atoms with Gasteiger partial charge in [-0.05, 0) is 59.4 Å². The first-order valence-electron chi connectivity index (χ1n) is 7.07. The fraction of sp³-hybridized carbons (Fsp3) is 0.533. The summed E-state index contributed by atoms with van der Waals surface area (Å²) in [4.78, 5) is 12.0. The molecule has 0 saturated heterocycles. The zero-order valence-electron chi connectivity index (χ0n) is 12.2. The summed E-state index contributed by atoms with van der Waals surface area (Å²) in [5.74, 6) is -1.20. The molecule has 2 N–H and O–H groups in total. The summed E-state index contributed by atoms with van der Waals surface area (Å²) in [5.41, 5.74) is 1.88. The van der Waals surface area contributed by atoms with Crippen LogP contribution in [0.1, 0.15) is 61.0 Å². The lowest BCUT2D eigenvalue weighted by Crippen LogP contribution is -2.10. The molecule has 1 rings (SSSR count). The van der Waals surface area contributed by atoms with Crippen molar-refractivity contribution in [1.82, 2.24) is 0 Å². The molecular weight excluding hydrogens is 498 g/mol. The second kappa shape index (κ2) is 9.02. The maximum Gasteiger partial charge on any atom is 0.351 e. The molecular formula is C15H20I2O4. The Bertz CT molecular complexity index is 515. The molecule has 0 radical (unpaired) electrons. The highest BCUT2D eigenvalue weighted by Crippen LogP contribution is 2.41. The summed E-state index contributed by atoms with van der Waals surface area (Å²) in [7, 11) is 0. The van der Waals surface area contributed by atoms with E-state index < -0.39 is 5.97 Å². The molecule has 0 fully saturated rings. The first-order chi connectivity index (χ1) is 9.99. The van der Waals surface area contributed by atoms with Gasteiger partial charge in [0.25, 0.3) is 0 Å². The molecule has 0 unspecified atom stereocenters. The van der Waals surface area contributed by atoms with Crippen molar-refractivity contribution in [3.05, 3.63) is 20.3 Å². The van der Waals surface area contributed by atoms with Crippen molar-refractivity contribution in [2.75, 3.05) is 0 Å². The Morgan fingerprint density at radius 3 is 2.05 bits per heavy atom. The normalized spacial score (nSPS) is 10.7. The van der Waals surface area contributed by atoms with Gasteiger partial charge >= 0.3 is 5.97 Å². The first-order valence-corrected chi connectivity index (χ1v) is 9.03. The van der Waals surface area contributed by atoms with E-state index in [2.05, 4.69) is 13.8 Å². The molecule has 0 aliphatic rings. The second-order valence-corrected chi connectivity index (χ2v) is 6.43. The van der Waals surface area contributed by atoms with Gasteiger partial charge in [0, 0.05) is 0 Å². The van der Waals surface area contributed by atoms with Gasteiger partial charge in [-0.15, -0.1) is 0 Å². The molecule has 0 atom stereocenters. The summed E-state index contributed by atoms with van der Waals surface area (Å²) in [6.45, 7) is 4.17. The lowest BCUT2D eigenvalue weighted by molar-refractivity contribution is 0.0795. The lowest BCUT2D eigenvalue weighted by Gasteiger charge is -2.18. The van der Waals surface area contributed by atoms with Gasteiger partial charge in [0.05, 0.1) is 3.57 Å². The Hall–Kier alpha value is -0.250. The number of benzene rings is 1. The van der Waals surface area contributed by atoms with E-state index in [1.54, 1.807) is 0 Å². The third-order valence-electron chi connectivity index (χ3n) is 3.43. The fourth-order valence-corrected chi connectivity index (χ4v) is 3.36. The van der Waals surface area contributed by atoms with Crippen molar-refractivity contribution in [2.45, 2.75) is 52.4 Å². The van der Waals surface area contributed by atoms with Crippen LogP contribution in [0.5, 0.6) is 11.5 Å². The largest absolute Gasteiger partial charge is 0.504 e. The summed E-state index contributed by atoms with van der Waals surface area (Å²) in [6.07, 6.45) is 5.38. The van der Waals surface area contributed by atoms with Gasteiger partial charge in [0.1, 0.15) is 5.56 Å². The van der Waals surface area contributed by atoms with Gasteiger partial charge in [-0.25, -0.2) is 4.79 Å². The molecule has 0 aliphatic heterocycles. The van der Waals surface area contributed by atoms with Crippen LogP contribution in [0.3, 0.4) is 0 Å². The van der Waals surface area contributed by atoms with Gasteiger partial charge in [0.2, 0.25) is 0 Å². The zero-order chi connectivity index (χ0) is 16.0. The second-order valence-electron chi connectivity index (χ2n) is 4.92. The van der Waals surface area contributed by atoms with E-state index in [4.69, 9.17) is 3.07 Å². The molecule has 21 heavy (non-hydrogen) atoms. The minimum atomic E-state index is -0.608. The van der Waals surface area contributed by atoms with Crippen molar-refractivity contribution in [1.29, 1.82) is 0 Å². The quantitative estimate of drug-likeness (QED) is 0.399. The average molecular weight is 518 g/mol. The highest BCUT2D eigenvalue weighted by atomic mass is 127. The van der Waals surface area contributed by atoms with Crippen LogP contribution in [0.4, 0.5) is 0 Å². The van der Waals surface area contributed by atoms with E-state index >= 15 is 0 Å². The molecule has 1 aromatic carbocycles. The van der Waals surface area contributed by atoms with E-state index in [0.29, 0.717) is 9.99 Å². The van der Waals surface area contributed by atoms with Crippen molar-refractivity contribution >= 4 is 51.6 Å². The van der Waals surface area contributed by atoms with E-state index in [1.165, 1.54) is 23.0 Å². The van der Waals surface area contributed by atoms with Gasteiger partial charge in [-0.3, -0.25) is 0 Å². The standard InChI is InChI=1S/C15H20I2O4/c1-3-5-7-9-10(8-6-4-2)12(16)14(19)13(18)11(9)15(20)21-17/h18-19H,3-8H2,1-2H3. The molecule has 0 spiro atoms. The van der Waals surface area contributed by atoms with Gasteiger partial charge in [-0.1, -0.05) is 26.7 Å². The number of unbranched alkanes of at least 4 members (excludes halogenated alkanes) is 2. The first kappa shape index (κ1) is 18.8. The van der Waals surface area contributed by atoms with Crippen LogP contribution in [0, 0.1) is 3.57 Å². The fourth-order valence-electron chi connectivity index (χ4n) is 2.29. The Morgan fingerprint density at radius 2 is 1.57 bits per heavy atom. The zero-order valence-corrected chi connectivity index (χ0v) is 16.5. The highest BCUT2D eigenvalue weighted by Gasteiger charge is 2.26. The van der Waals surface area contributed by atoms with E-state index in [-0.39, 0.29) is 17.1 Å². The summed E-state index contributed by atoms with van der Waals surface area (Å²) in [6, 6.07) is 0. The predicted molar refractivity (Wildman–Crippen MR) is 99.1 cm³/mol. The Labute approximate surface area is 153 Å². The van der Waals surface area contributed by atoms with Gasteiger partial charge in [-0.2, -0.15) is 0 Å². The maximum absolute atomic E-state index is 12.0. The number of halogens is 2. The van der Waals surface area contributed by atoms with Crippen molar-refractivity contribution in [2.24, 2.45) is 0 Å². The monoisotopic (exact) mass is 518 g/mol. The van der Waals surface area contributed by atoms with Crippen molar-refractivity contribution < 1.29 is 18.1 Å². The lowest BCUT2D eigenvalue weighted by atomic mass is 9.92. The number of phenols is 2. The smallest absolute Gasteiger partial charge is 0.351 e. The SMILES string of the molecule is CCCCc1c(I)c(O)c(O)c(C(=O)OI)c1CCCC. The number of aromatic hydroxyl groups is 2. The molecule has 118 valence electrons. The molecule has 4 nitrogen and oxygen atoms in total. The number of phenolic OH excluding ortho intramolecular Hbond substituents is 2. The molecule has 0 amide bonds. The molecule has 0 saturated carbocycles. The number of hydrogen-bond donors (Lipinski definition) is 2.